The maximum absolute atomic E-state index is 12.5. The van der Waals surface area contributed by atoms with Crippen molar-refractivity contribution in [2.45, 2.75) is 37.2 Å². The third kappa shape index (κ3) is 4.87. The summed E-state index contributed by atoms with van der Waals surface area (Å²) < 4.78 is 2.04. The molecule has 2 heterocycles. The zero-order chi connectivity index (χ0) is 19.2. The topological polar surface area (TPSA) is 72.7 Å². The van der Waals surface area contributed by atoms with Gasteiger partial charge in [0.15, 0.2) is 11.0 Å². The summed E-state index contributed by atoms with van der Waals surface area (Å²) in [6.45, 7) is 4.72. The standard InChI is InChI=1S/C19H20ClN5OS/c1-3-11-25-17(14-7-9-21-10-8-14)23-24-19(25)27-13(2)18(26)22-16-6-4-5-15(20)12-16/h4-10,12-13H,3,11H2,1-2H3,(H,22,26)/t13-/m0/s1. The molecule has 0 saturated heterocycles. The number of halogens is 1. The molecule has 27 heavy (non-hydrogen) atoms. The van der Waals surface area contributed by atoms with E-state index in [1.165, 1.54) is 11.8 Å². The van der Waals surface area contributed by atoms with Crippen LogP contribution >= 0.6 is 23.4 Å². The number of pyridine rings is 1. The lowest BCUT2D eigenvalue weighted by Crippen LogP contribution is -2.23. The number of hydrogen-bond acceptors (Lipinski definition) is 5. The molecule has 140 valence electrons. The van der Waals surface area contributed by atoms with E-state index in [2.05, 4.69) is 27.4 Å². The first-order valence-electron chi connectivity index (χ1n) is 8.65. The Labute approximate surface area is 167 Å². The summed E-state index contributed by atoms with van der Waals surface area (Å²) in [5, 5.41) is 12.5. The molecule has 0 aliphatic rings. The number of aromatic nitrogens is 4. The van der Waals surface area contributed by atoms with Crippen molar-refractivity contribution in [1.82, 2.24) is 19.7 Å². The first-order chi connectivity index (χ1) is 13.1. The molecular formula is C19H20ClN5OS. The van der Waals surface area contributed by atoms with Gasteiger partial charge in [0.25, 0.3) is 0 Å². The zero-order valence-corrected chi connectivity index (χ0v) is 16.7. The highest BCUT2D eigenvalue weighted by atomic mass is 35.5. The number of hydrogen-bond donors (Lipinski definition) is 1. The average molecular weight is 402 g/mol. The van der Waals surface area contributed by atoms with E-state index in [1.807, 2.05) is 29.7 Å². The lowest BCUT2D eigenvalue weighted by molar-refractivity contribution is -0.115. The van der Waals surface area contributed by atoms with Crippen LogP contribution in [0.3, 0.4) is 0 Å². The van der Waals surface area contributed by atoms with Crippen LogP contribution in [0.25, 0.3) is 11.4 Å². The molecule has 0 fully saturated rings. The Morgan fingerprint density at radius 1 is 1.26 bits per heavy atom. The summed E-state index contributed by atoms with van der Waals surface area (Å²) in [4.78, 5) is 16.6. The Balaban J connectivity index is 1.76. The Morgan fingerprint density at radius 2 is 2.04 bits per heavy atom. The van der Waals surface area contributed by atoms with E-state index in [4.69, 9.17) is 11.6 Å². The Hall–Kier alpha value is -2.38. The molecular weight excluding hydrogens is 382 g/mol. The predicted octanol–water partition coefficient (Wildman–Crippen LogP) is 4.52. The maximum Gasteiger partial charge on any atom is 0.237 e. The molecule has 2 aromatic heterocycles. The van der Waals surface area contributed by atoms with Crippen molar-refractivity contribution in [2.75, 3.05) is 5.32 Å². The molecule has 0 aliphatic heterocycles. The monoisotopic (exact) mass is 401 g/mol. The van der Waals surface area contributed by atoms with Crippen LogP contribution in [0.15, 0.2) is 53.9 Å². The van der Waals surface area contributed by atoms with Crippen molar-refractivity contribution in [3.05, 3.63) is 53.8 Å². The fourth-order valence-electron chi connectivity index (χ4n) is 2.54. The Kier molecular flexibility index (Phi) is 6.47. The van der Waals surface area contributed by atoms with E-state index in [0.29, 0.717) is 10.7 Å². The van der Waals surface area contributed by atoms with E-state index in [9.17, 15) is 4.79 Å². The number of carbonyl (C=O) groups excluding carboxylic acids is 1. The number of rotatable bonds is 7. The average Bonchev–Trinajstić information content (AvgIpc) is 3.05. The van der Waals surface area contributed by atoms with Gasteiger partial charge >= 0.3 is 0 Å². The van der Waals surface area contributed by atoms with E-state index < -0.39 is 0 Å². The van der Waals surface area contributed by atoms with Crippen LogP contribution in [0.4, 0.5) is 5.69 Å². The van der Waals surface area contributed by atoms with E-state index in [-0.39, 0.29) is 11.2 Å². The van der Waals surface area contributed by atoms with Crippen LogP contribution in [0, 0.1) is 0 Å². The highest BCUT2D eigenvalue weighted by molar-refractivity contribution is 8.00. The number of nitrogens with one attached hydrogen (secondary N) is 1. The Morgan fingerprint density at radius 3 is 2.74 bits per heavy atom. The number of amides is 1. The molecule has 8 heteroatoms. The second-order valence-corrected chi connectivity index (χ2v) is 7.70. The van der Waals surface area contributed by atoms with Crippen molar-refractivity contribution in [3.8, 4) is 11.4 Å². The van der Waals surface area contributed by atoms with Crippen molar-refractivity contribution in [1.29, 1.82) is 0 Å². The minimum Gasteiger partial charge on any atom is -0.325 e. The van der Waals surface area contributed by atoms with Crippen LogP contribution in [0.2, 0.25) is 5.02 Å². The van der Waals surface area contributed by atoms with Crippen LogP contribution in [0.5, 0.6) is 0 Å². The van der Waals surface area contributed by atoms with Crippen LogP contribution in [-0.2, 0) is 11.3 Å². The SMILES string of the molecule is CCCn1c(S[C@@H](C)C(=O)Nc2cccc(Cl)c2)nnc1-c1ccncc1. The summed E-state index contributed by atoms with van der Waals surface area (Å²) in [5.41, 5.74) is 1.63. The number of nitrogens with zero attached hydrogens (tertiary/aromatic N) is 4. The minimum atomic E-state index is -0.339. The lowest BCUT2D eigenvalue weighted by atomic mass is 10.2. The normalized spacial score (nSPS) is 12.0. The predicted molar refractivity (Wildman–Crippen MR) is 109 cm³/mol. The van der Waals surface area contributed by atoms with Gasteiger partial charge in [-0.3, -0.25) is 9.78 Å². The van der Waals surface area contributed by atoms with Crippen LogP contribution in [-0.4, -0.2) is 30.9 Å². The minimum absolute atomic E-state index is 0.112. The van der Waals surface area contributed by atoms with Crippen molar-refractivity contribution in [3.63, 3.8) is 0 Å². The first-order valence-corrected chi connectivity index (χ1v) is 9.91. The van der Waals surface area contributed by atoms with Gasteiger partial charge in [-0.25, -0.2) is 0 Å². The van der Waals surface area contributed by atoms with E-state index in [0.717, 1.165) is 29.5 Å². The third-order valence-corrected chi connectivity index (χ3v) is 5.16. The van der Waals surface area contributed by atoms with Gasteiger partial charge in [-0.2, -0.15) is 0 Å². The largest absolute Gasteiger partial charge is 0.325 e. The fraction of sp³-hybridized carbons (Fsp3) is 0.263. The lowest BCUT2D eigenvalue weighted by Gasteiger charge is -2.13. The molecule has 0 bridgehead atoms. The molecule has 3 rings (SSSR count). The molecule has 1 N–H and O–H groups in total. The molecule has 0 aliphatic carbocycles. The van der Waals surface area contributed by atoms with Gasteiger partial charge in [0.1, 0.15) is 0 Å². The number of benzene rings is 1. The van der Waals surface area contributed by atoms with Crippen LogP contribution < -0.4 is 5.32 Å². The van der Waals surface area contributed by atoms with Gasteiger partial charge < -0.3 is 9.88 Å². The number of anilines is 1. The van der Waals surface area contributed by atoms with E-state index >= 15 is 0 Å². The van der Waals surface area contributed by atoms with Gasteiger partial charge in [-0.05, 0) is 43.7 Å². The Bertz CT molecular complexity index is 915. The highest BCUT2D eigenvalue weighted by Gasteiger charge is 2.20. The fourth-order valence-corrected chi connectivity index (χ4v) is 3.60. The summed E-state index contributed by atoms with van der Waals surface area (Å²) in [5.74, 6) is 0.669. The molecule has 1 atom stereocenters. The van der Waals surface area contributed by atoms with Gasteiger partial charge in [0.05, 0.1) is 5.25 Å². The molecule has 0 radical (unpaired) electrons. The molecule has 6 nitrogen and oxygen atoms in total. The molecule has 1 amide bonds. The molecule has 0 spiro atoms. The van der Waals surface area contributed by atoms with Crippen LogP contribution in [0.1, 0.15) is 20.3 Å². The highest BCUT2D eigenvalue weighted by Crippen LogP contribution is 2.27. The number of thioether (sulfide) groups is 1. The first kappa shape index (κ1) is 19.4. The second-order valence-electron chi connectivity index (χ2n) is 5.95. The number of carbonyl (C=O) groups is 1. The molecule has 3 aromatic rings. The smallest absolute Gasteiger partial charge is 0.237 e. The second kappa shape index (κ2) is 9.01. The summed E-state index contributed by atoms with van der Waals surface area (Å²) in [6.07, 6.45) is 4.40. The third-order valence-electron chi connectivity index (χ3n) is 3.85. The van der Waals surface area contributed by atoms with Crippen molar-refractivity contribution >= 4 is 35.0 Å². The quantitative estimate of drug-likeness (QED) is 0.589. The van der Waals surface area contributed by atoms with E-state index in [1.54, 1.807) is 30.6 Å². The van der Waals surface area contributed by atoms with Gasteiger partial charge in [-0.1, -0.05) is 36.4 Å². The van der Waals surface area contributed by atoms with Crippen molar-refractivity contribution in [2.24, 2.45) is 0 Å². The summed E-state index contributed by atoms with van der Waals surface area (Å²) in [6, 6.07) is 10.9. The summed E-state index contributed by atoms with van der Waals surface area (Å²) >= 11 is 7.36. The maximum atomic E-state index is 12.5. The van der Waals surface area contributed by atoms with Crippen molar-refractivity contribution < 1.29 is 4.79 Å². The van der Waals surface area contributed by atoms with Gasteiger partial charge in [0, 0.05) is 35.2 Å². The summed E-state index contributed by atoms with van der Waals surface area (Å²) in [7, 11) is 0. The molecule has 0 unspecified atom stereocenters. The van der Waals surface area contributed by atoms with Gasteiger partial charge in [-0.15, -0.1) is 10.2 Å². The molecule has 1 aromatic carbocycles. The van der Waals surface area contributed by atoms with Gasteiger partial charge in [0.2, 0.25) is 5.91 Å². The molecule has 0 saturated carbocycles. The zero-order valence-electron chi connectivity index (χ0n) is 15.1.